The molecule has 0 aliphatic carbocycles. The van der Waals surface area contributed by atoms with Crippen LogP contribution in [0.15, 0.2) is 29.2 Å². The molecule has 0 aromatic heterocycles. The largest absolute Gasteiger partial charge is 0.465 e. The molecule has 1 heterocycles. The zero-order valence-electron chi connectivity index (χ0n) is 13.8. The van der Waals surface area contributed by atoms with Crippen molar-refractivity contribution in [2.24, 2.45) is 5.73 Å². The smallest absolute Gasteiger partial charge is 0.337 e. The van der Waals surface area contributed by atoms with E-state index in [4.69, 9.17) is 10.5 Å². The molecule has 2 N–H and O–H groups in total. The van der Waals surface area contributed by atoms with Gasteiger partial charge in [-0.05, 0) is 44.0 Å². The Balaban J connectivity index is 2.03. The zero-order valence-corrected chi connectivity index (χ0v) is 14.6. The average Bonchev–Trinajstić information content (AvgIpc) is 2.62. The zero-order chi connectivity index (χ0) is 17.6. The molecule has 134 valence electrons. The van der Waals surface area contributed by atoms with Crippen molar-refractivity contribution in [1.82, 2.24) is 4.31 Å². The minimum absolute atomic E-state index is 0.0735. The van der Waals surface area contributed by atoms with Crippen LogP contribution in [0.1, 0.15) is 29.6 Å². The number of nitrogens with zero attached hydrogens (tertiary/aromatic N) is 1. The molecule has 1 aromatic rings. The molecule has 0 unspecified atom stereocenters. The van der Waals surface area contributed by atoms with E-state index in [2.05, 4.69) is 4.74 Å². The van der Waals surface area contributed by atoms with Crippen LogP contribution in [0.25, 0.3) is 0 Å². The van der Waals surface area contributed by atoms with Gasteiger partial charge in [0.2, 0.25) is 10.0 Å². The molecule has 1 fully saturated rings. The monoisotopic (exact) mass is 356 g/mol. The molecule has 0 bridgehead atoms. The van der Waals surface area contributed by atoms with Crippen molar-refractivity contribution in [1.29, 1.82) is 0 Å². The van der Waals surface area contributed by atoms with Gasteiger partial charge in [-0.25, -0.2) is 13.2 Å². The first-order valence-corrected chi connectivity index (χ1v) is 9.43. The van der Waals surface area contributed by atoms with Gasteiger partial charge in [0.05, 0.1) is 23.7 Å². The summed E-state index contributed by atoms with van der Waals surface area (Å²) in [5.74, 6) is -0.556. The molecule has 0 saturated carbocycles. The number of benzene rings is 1. The number of esters is 1. The predicted molar refractivity (Wildman–Crippen MR) is 89.2 cm³/mol. The highest BCUT2D eigenvalue weighted by molar-refractivity contribution is 7.89. The van der Waals surface area contributed by atoms with E-state index in [0.29, 0.717) is 39.1 Å². The van der Waals surface area contributed by atoms with Crippen LogP contribution in [0.4, 0.5) is 0 Å². The lowest BCUT2D eigenvalue weighted by atomic mass is 10.1. The second-order valence-electron chi connectivity index (χ2n) is 5.64. The number of carbonyl (C=O) groups is 1. The fourth-order valence-corrected chi connectivity index (χ4v) is 4.14. The molecule has 1 aromatic carbocycles. The standard InChI is InChI=1S/C16H24N2O5S/c1-22-16(19)13-4-2-5-15(12-13)24(20,21)18-9-6-14(7-10-18)23-11-3-8-17/h2,4-5,12,14H,3,6-11,17H2,1H3. The Hall–Kier alpha value is -1.48. The quantitative estimate of drug-likeness (QED) is 0.578. The first kappa shape index (κ1) is 18.9. The molecule has 7 nitrogen and oxygen atoms in total. The summed E-state index contributed by atoms with van der Waals surface area (Å²) in [6, 6.07) is 5.92. The lowest BCUT2D eigenvalue weighted by Crippen LogP contribution is -2.41. The first-order valence-electron chi connectivity index (χ1n) is 7.99. The summed E-state index contributed by atoms with van der Waals surface area (Å²) < 4.78 is 37.2. The molecule has 0 radical (unpaired) electrons. The third-order valence-corrected chi connectivity index (χ3v) is 5.89. The predicted octanol–water partition coefficient (Wildman–Crippen LogP) is 0.992. The van der Waals surface area contributed by atoms with Crippen molar-refractivity contribution in [3.05, 3.63) is 29.8 Å². The summed E-state index contributed by atoms with van der Waals surface area (Å²) in [5, 5.41) is 0. The molecule has 0 spiro atoms. The maximum atomic E-state index is 12.7. The second-order valence-corrected chi connectivity index (χ2v) is 7.57. The first-order chi connectivity index (χ1) is 11.5. The van der Waals surface area contributed by atoms with Crippen LogP contribution in [0.3, 0.4) is 0 Å². The Morgan fingerprint density at radius 1 is 1.33 bits per heavy atom. The van der Waals surface area contributed by atoms with Crippen molar-refractivity contribution in [2.75, 3.05) is 33.4 Å². The topological polar surface area (TPSA) is 98.9 Å². The maximum absolute atomic E-state index is 12.7. The summed E-state index contributed by atoms with van der Waals surface area (Å²) in [6.07, 6.45) is 2.18. The Labute approximate surface area is 142 Å². The van der Waals surface area contributed by atoms with Gasteiger partial charge in [-0.2, -0.15) is 4.31 Å². The van der Waals surface area contributed by atoms with Gasteiger partial charge in [0.1, 0.15) is 0 Å². The summed E-state index contributed by atoms with van der Waals surface area (Å²) in [5.41, 5.74) is 5.65. The van der Waals surface area contributed by atoms with Gasteiger partial charge in [0, 0.05) is 19.7 Å². The minimum atomic E-state index is -3.62. The van der Waals surface area contributed by atoms with Crippen molar-refractivity contribution < 1.29 is 22.7 Å². The second kappa shape index (κ2) is 8.57. The van der Waals surface area contributed by atoms with E-state index in [9.17, 15) is 13.2 Å². The van der Waals surface area contributed by atoms with Crippen LogP contribution in [-0.2, 0) is 19.5 Å². The normalized spacial score (nSPS) is 16.9. The van der Waals surface area contributed by atoms with E-state index in [1.54, 1.807) is 6.07 Å². The summed E-state index contributed by atoms with van der Waals surface area (Å²) in [6.45, 7) is 2.00. The highest BCUT2D eigenvalue weighted by atomic mass is 32.2. The van der Waals surface area contributed by atoms with E-state index in [1.807, 2.05) is 0 Å². The molecule has 1 aliphatic rings. The Kier molecular flexibility index (Phi) is 6.73. The SMILES string of the molecule is COC(=O)c1cccc(S(=O)(=O)N2CCC(OCCCN)CC2)c1. The van der Waals surface area contributed by atoms with E-state index in [1.165, 1.54) is 29.6 Å². The molecule has 1 aliphatic heterocycles. The molecule has 8 heteroatoms. The summed E-state index contributed by atoms with van der Waals surface area (Å²) in [4.78, 5) is 11.7. The molecular weight excluding hydrogens is 332 g/mol. The van der Waals surface area contributed by atoms with Crippen LogP contribution in [0.2, 0.25) is 0 Å². The number of sulfonamides is 1. The van der Waals surface area contributed by atoms with Gasteiger partial charge in [0.15, 0.2) is 0 Å². The van der Waals surface area contributed by atoms with Crippen molar-refractivity contribution in [3.8, 4) is 0 Å². The molecule has 24 heavy (non-hydrogen) atoms. The van der Waals surface area contributed by atoms with Gasteiger partial charge < -0.3 is 15.2 Å². The lowest BCUT2D eigenvalue weighted by molar-refractivity contribution is 0.0209. The number of rotatable bonds is 7. The minimum Gasteiger partial charge on any atom is -0.465 e. The van der Waals surface area contributed by atoms with Crippen LogP contribution in [0, 0.1) is 0 Å². The third-order valence-electron chi connectivity index (χ3n) is 4.00. The summed E-state index contributed by atoms with van der Waals surface area (Å²) in [7, 11) is -2.36. The van der Waals surface area contributed by atoms with E-state index < -0.39 is 16.0 Å². The van der Waals surface area contributed by atoms with Crippen molar-refractivity contribution in [2.45, 2.75) is 30.3 Å². The lowest BCUT2D eigenvalue weighted by Gasteiger charge is -2.31. The molecule has 1 saturated heterocycles. The van der Waals surface area contributed by atoms with E-state index in [0.717, 1.165) is 6.42 Å². The van der Waals surface area contributed by atoms with Gasteiger partial charge in [0.25, 0.3) is 0 Å². The number of nitrogens with two attached hydrogens (primary N) is 1. The number of hydrogen-bond acceptors (Lipinski definition) is 6. The number of ether oxygens (including phenoxy) is 2. The van der Waals surface area contributed by atoms with Crippen LogP contribution >= 0.6 is 0 Å². The fourth-order valence-electron chi connectivity index (χ4n) is 2.62. The van der Waals surface area contributed by atoms with Gasteiger partial charge in [-0.1, -0.05) is 6.07 Å². The van der Waals surface area contributed by atoms with Crippen LogP contribution in [-0.4, -0.2) is 58.1 Å². The Morgan fingerprint density at radius 2 is 2.04 bits per heavy atom. The fraction of sp³-hybridized carbons (Fsp3) is 0.562. The van der Waals surface area contributed by atoms with Gasteiger partial charge in [-0.3, -0.25) is 0 Å². The number of piperidine rings is 1. The van der Waals surface area contributed by atoms with E-state index in [-0.39, 0.29) is 16.6 Å². The molecule has 2 rings (SSSR count). The average molecular weight is 356 g/mol. The molecule has 0 atom stereocenters. The number of hydrogen-bond donors (Lipinski definition) is 1. The third kappa shape index (κ3) is 4.54. The number of carbonyl (C=O) groups excluding carboxylic acids is 1. The maximum Gasteiger partial charge on any atom is 0.337 e. The molecule has 0 amide bonds. The van der Waals surface area contributed by atoms with Gasteiger partial charge in [-0.15, -0.1) is 0 Å². The number of methoxy groups -OCH3 is 1. The van der Waals surface area contributed by atoms with Gasteiger partial charge >= 0.3 is 5.97 Å². The van der Waals surface area contributed by atoms with Crippen molar-refractivity contribution in [3.63, 3.8) is 0 Å². The van der Waals surface area contributed by atoms with E-state index >= 15 is 0 Å². The summed E-state index contributed by atoms with van der Waals surface area (Å²) >= 11 is 0. The Bertz CT molecular complexity index is 654. The Morgan fingerprint density at radius 3 is 2.67 bits per heavy atom. The molecular formula is C16H24N2O5S. The van der Waals surface area contributed by atoms with Crippen molar-refractivity contribution >= 4 is 16.0 Å². The highest BCUT2D eigenvalue weighted by Crippen LogP contribution is 2.23. The highest BCUT2D eigenvalue weighted by Gasteiger charge is 2.30. The van der Waals surface area contributed by atoms with Crippen LogP contribution in [0.5, 0.6) is 0 Å². The van der Waals surface area contributed by atoms with Crippen LogP contribution < -0.4 is 5.73 Å².